The average molecular weight is 322 g/mol. The van der Waals surface area contributed by atoms with Crippen molar-refractivity contribution >= 4 is 16.8 Å². The number of aromatic amines is 1. The molecule has 0 fully saturated rings. The van der Waals surface area contributed by atoms with Crippen molar-refractivity contribution in [3.63, 3.8) is 0 Å². The smallest absolute Gasteiger partial charge is 0.289 e. The summed E-state index contributed by atoms with van der Waals surface area (Å²) in [4.78, 5) is 18.0. The number of furan rings is 1. The molecule has 24 heavy (non-hydrogen) atoms. The van der Waals surface area contributed by atoms with Gasteiger partial charge in [0.2, 0.25) is 0 Å². The lowest BCUT2D eigenvalue weighted by Gasteiger charge is -2.26. The molecule has 2 aromatic heterocycles. The first-order valence-corrected chi connectivity index (χ1v) is 8.40. The van der Waals surface area contributed by atoms with Gasteiger partial charge in [-0.3, -0.25) is 4.79 Å². The van der Waals surface area contributed by atoms with Gasteiger partial charge < -0.3 is 14.3 Å². The first kappa shape index (κ1) is 15.1. The summed E-state index contributed by atoms with van der Waals surface area (Å²) in [6.07, 6.45) is 2.39. The fraction of sp³-hybridized carbons (Fsp3) is 0.350. The molecule has 0 saturated carbocycles. The summed E-state index contributed by atoms with van der Waals surface area (Å²) in [5.41, 5.74) is 5.06. The molecule has 0 unspecified atom stereocenters. The number of carbonyl (C=O) groups is 1. The number of rotatable bonds is 1. The molecule has 0 atom stereocenters. The van der Waals surface area contributed by atoms with Crippen molar-refractivity contribution in [1.82, 2.24) is 9.88 Å². The van der Waals surface area contributed by atoms with Gasteiger partial charge in [0.15, 0.2) is 5.76 Å². The van der Waals surface area contributed by atoms with Gasteiger partial charge in [-0.25, -0.2) is 0 Å². The first-order valence-electron chi connectivity index (χ1n) is 8.40. The van der Waals surface area contributed by atoms with Crippen molar-refractivity contribution in [2.24, 2.45) is 0 Å². The van der Waals surface area contributed by atoms with E-state index in [4.69, 9.17) is 4.42 Å². The van der Waals surface area contributed by atoms with Gasteiger partial charge >= 0.3 is 0 Å². The molecule has 1 amide bonds. The number of nitrogens with one attached hydrogen (secondary N) is 1. The van der Waals surface area contributed by atoms with Crippen LogP contribution in [0.25, 0.3) is 10.9 Å². The van der Waals surface area contributed by atoms with E-state index in [1.54, 1.807) is 18.4 Å². The van der Waals surface area contributed by atoms with Crippen molar-refractivity contribution in [2.75, 3.05) is 6.54 Å². The van der Waals surface area contributed by atoms with Gasteiger partial charge in [-0.1, -0.05) is 26.8 Å². The van der Waals surface area contributed by atoms with Crippen LogP contribution in [-0.2, 0) is 18.4 Å². The van der Waals surface area contributed by atoms with Crippen LogP contribution < -0.4 is 0 Å². The van der Waals surface area contributed by atoms with Crippen LogP contribution in [-0.4, -0.2) is 22.3 Å². The molecular formula is C20H22N2O2. The van der Waals surface area contributed by atoms with Crippen LogP contribution in [0.4, 0.5) is 0 Å². The first-order chi connectivity index (χ1) is 11.4. The summed E-state index contributed by atoms with van der Waals surface area (Å²) in [7, 11) is 0. The molecule has 3 aromatic rings. The molecule has 1 N–H and O–H groups in total. The van der Waals surface area contributed by atoms with E-state index in [0.717, 1.165) is 11.9 Å². The Morgan fingerprint density at radius 3 is 2.79 bits per heavy atom. The number of nitrogens with zero attached hydrogens (tertiary/aromatic N) is 1. The lowest BCUT2D eigenvalue weighted by Crippen LogP contribution is -2.35. The molecule has 0 spiro atoms. The van der Waals surface area contributed by atoms with Crippen molar-refractivity contribution < 1.29 is 9.21 Å². The highest BCUT2D eigenvalue weighted by Crippen LogP contribution is 2.32. The monoisotopic (exact) mass is 322 g/mol. The molecule has 4 rings (SSSR count). The number of hydrogen-bond acceptors (Lipinski definition) is 2. The summed E-state index contributed by atoms with van der Waals surface area (Å²) in [6, 6.07) is 10.1. The van der Waals surface area contributed by atoms with E-state index in [2.05, 4.69) is 44.0 Å². The number of hydrogen-bond donors (Lipinski definition) is 1. The third kappa shape index (κ3) is 2.42. The highest BCUT2D eigenvalue weighted by molar-refractivity contribution is 5.92. The van der Waals surface area contributed by atoms with E-state index in [0.29, 0.717) is 18.8 Å². The molecule has 1 aromatic carbocycles. The minimum absolute atomic E-state index is 0.0352. The van der Waals surface area contributed by atoms with Crippen LogP contribution in [0.5, 0.6) is 0 Å². The van der Waals surface area contributed by atoms with Crippen LogP contribution in [0.3, 0.4) is 0 Å². The van der Waals surface area contributed by atoms with Crippen molar-refractivity contribution in [3.8, 4) is 0 Å². The van der Waals surface area contributed by atoms with E-state index in [1.165, 1.54) is 22.2 Å². The Hall–Kier alpha value is -2.49. The molecule has 3 heterocycles. The van der Waals surface area contributed by atoms with Gasteiger partial charge in [-0.05, 0) is 35.2 Å². The van der Waals surface area contributed by atoms with Crippen molar-refractivity contribution in [2.45, 2.75) is 39.2 Å². The molecule has 4 nitrogen and oxygen atoms in total. The number of carbonyl (C=O) groups excluding carboxylic acids is 1. The summed E-state index contributed by atoms with van der Waals surface area (Å²) in [6.45, 7) is 8.01. The zero-order chi connectivity index (χ0) is 16.9. The summed E-state index contributed by atoms with van der Waals surface area (Å²) in [5, 5.41) is 1.23. The van der Waals surface area contributed by atoms with Crippen LogP contribution in [0.15, 0.2) is 41.0 Å². The Kier molecular flexibility index (Phi) is 3.30. The highest BCUT2D eigenvalue weighted by atomic mass is 16.3. The predicted molar refractivity (Wildman–Crippen MR) is 94.2 cm³/mol. The second-order valence-corrected chi connectivity index (χ2v) is 7.55. The molecule has 0 radical (unpaired) electrons. The predicted octanol–water partition coefficient (Wildman–Crippen LogP) is 4.26. The summed E-state index contributed by atoms with van der Waals surface area (Å²) in [5.74, 6) is 0.376. The van der Waals surface area contributed by atoms with E-state index in [-0.39, 0.29) is 11.3 Å². The average Bonchev–Trinajstić information content (AvgIpc) is 3.20. The molecular weight excluding hydrogens is 300 g/mol. The quantitative estimate of drug-likeness (QED) is 0.728. The fourth-order valence-corrected chi connectivity index (χ4v) is 3.41. The molecule has 0 aliphatic carbocycles. The summed E-state index contributed by atoms with van der Waals surface area (Å²) >= 11 is 0. The maximum atomic E-state index is 12.6. The highest BCUT2D eigenvalue weighted by Gasteiger charge is 2.26. The standard InChI is InChI=1S/C20H22N2O2/c1-20(2,3)13-6-7-16-14(11-13)15-12-22(9-8-17(15)21-16)19(23)18-5-4-10-24-18/h4-7,10-11,21H,8-9,12H2,1-3H3. The fourth-order valence-electron chi connectivity index (χ4n) is 3.41. The molecule has 4 heteroatoms. The normalized spacial score (nSPS) is 14.9. The Labute approximate surface area is 141 Å². The second kappa shape index (κ2) is 5.26. The van der Waals surface area contributed by atoms with Gasteiger partial charge in [-0.15, -0.1) is 0 Å². The second-order valence-electron chi connectivity index (χ2n) is 7.55. The summed E-state index contributed by atoms with van der Waals surface area (Å²) < 4.78 is 5.27. The van der Waals surface area contributed by atoms with Gasteiger partial charge in [-0.2, -0.15) is 0 Å². The van der Waals surface area contributed by atoms with Crippen LogP contribution in [0.2, 0.25) is 0 Å². The van der Waals surface area contributed by atoms with Crippen LogP contribution in [0.1, 0.15) is 48.1 Å². The van der Waals surface area contributed by atoms with E-state index >= 15 is 0 Å². The maximum Gasteiger partial charge on any atom is 0.289 e. The number of aromatic nitrogens is 1. The Bertz CT molecular complexity index is 898. The molecule has 0 bridgehead atoms. The third-order valence-corrected chi connectivity index (χ3v) is 4.86. The Balaban J connectivity index is 1.72. The van der Waals surface area contributed by atoms with Gasteiger partial charge in [0.1, 0.15) is 0 Å². The molecule has 0 saturated heterocycles. The van der Waals surface area contributed by atoms with Crippen LogP contribution >= 0.6 is 0 Å². The molecule has 124 valence electrons. The van der Waals surface area contributed by atoms with E-state index in [9.17, 15) is 4.79 Å². The van der Waals surface area contributed by atoms with E-state index < -0.39 is 0 Å². The zero-order valence-electron chi connectivity index (χ0n) is 14.3. The lowest BCUT2D eigenvalue weighted by atomic mass is 9.86. The topological polar surface area (TPSA) is 49.2 Å². The Morgan fingerprint density at radius 2 is 2.08 bits per heavy atom. The van der Waals surface area contributed by atoms with Gasteiger partial charge in [0.25, 0.3) is 5.91 Å². The van der Waals surface area contributed by atoms with Gasteiger partial charge in [0, 0.05) is 41.7 Å². The number of fused-ring (bicyclic) bond motifs is 3. The minimum atomic E-state index is -0.0352. The molecule has 1 aliphatic rings. The maximum absolute atomic E-state index is 12.6. The Morgan fingerprint density at radius 1 is 1.25 bits per heavy atom. The lowest BCUT2D eigenvalue weighted by molar-refractivity contribution is 0.0703. The molecule has 1 aliphatic heterocycles. The zero-order valence-corrected chi connectivity index (χ0v) is 14.3. The van der Waals surface area contributed by atoms with Crippen molar-refractivity contribution in [3.05, 3.63) is 59.2 Å². The number of benzene rings is 1. The minimum Gasteiger partial charge on any atom is -0.459 e. The number of amides is 1. The van der Waals surface area contributed by atoms with Crippen molar-refractivity contribution in [1.29, 1.82) is 0 Å². The van der Waals surface area contributed by atoms with Crippen LogP contribution in [0, 0.1) is 0 Å². The third-order valence-electron chi connectivity index (χ3n) is 4.86. The van der Waals surface area contributed by atoms with E-state index in [1.807, 2.05) is 4.90 Å². The SMILES string of the molecule is CC(C)(C)c1ccc2[nH]c3c(c2c1)CN(C(=O)c1ccco1)CC3. The largest absolute Gasteiger partial charge is 0.459 e. The number of H-pyrrole nitrogens is 1. The van der Waals surface area contributed by atoms with Gasteiger partial charge in [0.05, 0.1) is 6.26 Å².